The van der Waals surface area contributed by atoms with E-state index in [1.165, 1.54) is 0 Å². The van der Waals surface area contributed by atoms with Crippen LogP contribution < -0.4 is 0 Å². The highest BCUT2D eigenvalue weighted by Crippen LogP contribution is 2.41. The van der Waals surface area contributed by atoms with Gasteiger partial charge in [-0.25, -0.2) is 0 Å². The molecule has 0 bridgehead atoms. The SMILES string of the molecule is CC(CC(CC(C)(C)C)C(F)(F)F)CC(C)(C)C. The molecule has 0 N–H and O–H groups in total. The predicted molar refractivity (Wildman–Crippen MR) is 71.5 cm³/mol. The van der Waals surface area contributed by atoms with Gasteiger partial charge in [-0.1, -0.05) is 48.5 Å². The van der Waals surface area contributed by atoms with Crippen molar-refractivity contribution in [2.45, 2.75) is 73.9 Å². The van der Waals surface area contributed by atoms with Crippen molar-refractivity contribution in [3.8, 4) is 0 Å². The van der Waals surface area contributed by atoms with E-state index in [1.54, 1.807) is 0 Å². The van der Waals surface area contributed by atoms with Crippen LogP contribution in [-0.2, 0) is 0 Å². The maximum Gasteiger partial charge on any atom is 0.391 e. The number of hydrogen-bond donors (Lipinski definition) is 0. The second kappa shape index (κ2) is 5.83. The van der Waals surface area contributed by atoms with Crippen LogP contribution >= 0.6 is 0 Å². The Hall–Kier alpha value is -0.210. The third-order valence-corrected chi connectivity index (χ3v) is 2.97. The van der Waals surface area contributed by atoms with Crippen molar-refractivity contribution in [1.82, 2.24) is 0 Å². The summed E-state index contributed by atoms with van der Waals surface area (Å²) in [4.78, 5) is 0. The molecule has 0 aliphatic rings. The van der Waals surface area contributed by atoms with Gasteiger partial charge >= 0.3 is 6.18 Å². The lowest BCUT2D eigenvalue weighted by Crippen LogP contribution is -2.29. The first-order valence-electron chi connectivity index (χ1n) is 6.77. The summed E-state index contributed by atoms with van der Waals surface area (Å²) in [5, 5.41) is 0. The van der Waals surface area contributed by atoms with Gasteiger partial charge in [0.1, 0.15) is 0 Å². The minimum Gasteiger partial charge on any atom is -0.171 e. The predicted octanol–water partition coefficient (Wildman–Crippen LogP) is 6.06. The fourth-order valence-electron chi connectivity index (χ4n) is 2.69. The molecule has 0 aliphatic heterocycles. The number of hydrogen-bond acceptors (Lipinski definition) is 0. The summed E-state index contributed by atoms with van der Waals surface area (Å²) in [5.74, 6) is -1.06. The number of alkyl halides is 3. The van der Waals surface area contributed by atoms with Crippen LogP contribution in [0.5, 0.6) is 0 Å². The fourth-order valence-corrected chi connectivity index (χ4v) is 2.69. The van der Waals surface area contributed by atoms with E-state index < -0.39 is 12.1 Å². The van der Waals surface area contributed by atoms with Crippen LogP contribution in [0.1, 0.15) is 67.7 Å². The molecule has 0 fully saturated rings. The Balaban J connectivity index is 4.62. The molecule has 0 aromatic carbocycles. The molecule has 0 aromatic rings. The van der Waals surface area contributed by atoms with Gasteiger partial charge in [0, 0.05) is 0 Å². The van der Waals surface area contributed by atoms with E-state index in [0.29, 0.717) is 0 Å². The highest BCUT2D eigenvalue weighted by molar-refractivity contribution is 4.78. The van der Waals surface area contributed by atoms with Crippen LogP contribution in [0.15, 0.2) is 0 Å². The maximum absolute atomic E-state index is 13.0. The van der Waals surface area contributed by atoms with Crippen molar-refractivity contribution >= 4 is 0 Å². The molecular weight excluding hydrogens is 237 g/mol. The van der Waals surface area contributed by atoms with Crippen molar-refractivity contribution < 1.29 is 13.2 Å². The van der Waals surface area contributed by atoms with E-state index in [-0.39, 0.29) is 29.6 Å². The Morgan fingerprint density at radius 2 is 1.17 bits per heavy atom. The van der Waals surface area contributed by atoms with E-state index in [4.69, 9.17) is 0 Å². The lowest BCUT2D eigenvalue weighted by molar-refractivity contribution is -0.186. The van der Waals surface area contributed by atoms with Gasteiger partial charge in [0.2, 0.25) is 0 Å². The van der Waals surface area contributed by atoms with Crippen molar-refractivity contribution in [3.05, 3.63) is 0 Å². The van der Waals surface area contributed by atoms with Gasteiger partial charge in [-0.2, -0.15) is 13.2 Å². The summed E-state index contributed by atoms with van der Waals surface area (Å²) >= 11 is 0. The highest BCUT2D eigenvalue weighted by Gasteiger charge is 2.42. The lowest BCUT2D eigenvalue weighted by Gasteiger charge is -2.31. The molecule has 0 saturated carbocycles. The molecule has 3 heteroatoms. The van der Waals surface area contributed by atoms with Crippen LogP contribution in [0.2, 0.25) is 0 Å². The van der Waals surface area contributed by atoms with E-state index in [9.17, 15) is 13.2 Å². The first-order valence-corrected chi connectivity index (χ1v) is 6.77. The normalized spacial score (nSPS) is 17.7. The van der Waals surface area contributed by atoms with Gasteiger partial charge in [-0.15, -0.1) is 0 Å². The molecule has 0 spiro atoms. The minimum absolute atomic E-state index is 0.0945. The van der Waals surface area contributed by atoms with Crippen LogP contribution in [0, 0.1) is 22.7 Å². The van der Waals surface area contributed by atoms with Gasteiger partial charge in [-0.05, 0) is 36.0 Å². The smallest absolute Gasteiger partial charge is 0.171 e. The van der Waals surface area contributed by atoms with Crippen molar-refractivity contribution in [3.63, 3.8) is 0 Å². The molecule has 110 valence electrons. The molecular formula is C15H29F3. The van der Waals surface area contributed by atoms with Gasteiger partial charge in [0.25, 0.3) is 0 Å². The van der Waals surface area contributed by atoms with Crippen molar-refractivity contribution in [2.24, 2.45) is 22.7 Å². The second-order valence-electron chi connectivity index (χ2n) is 8.11. The molecule has 18 heavy (non-hydrogen) atoms. The average molecular weight is 266 g/mol. The molecule has 0 aromatic heterocycles. The third kappa shape index (κ3) is 8.82. The zero-order valence-electron chi connectivity index (χ0n) is 12.9. The van der Waals surface area contributed by atoms with Gasteiger partial charge < -0.3 is 0 Å². The molecule has 0 radical (unpaired) electrons. The molecule has 0 rings (SSSR count). The Kier molecular flexibility index (Phi) is 5.76. The minimum atomic E-state index is -4.07. The van der Waals surface area contributed by atoms with Crippen molar-refractivity contribution in [1.29, 1.82) is 0 Å². The van der Waals surface area contributed by atoms with E-state index in [2.05, 4.69) is 20.8 Å². The van der Waals surface area contributed by atoms with Crippen LogP contribution in [-0.4, -0.2) is 6.18 Å². The quantitative estimate of drug-likeness (QED) is 0.580. The largest absolute Gasteiger partial charge is 0.391 e. The summed E-state index contributed by atoms with van der Waals surface area (Å²) in [7, 11) is 0. The lowest BCUT2D eigenvalue weighted by atomic mass is 9.77. The zero-order valence-corrected chi connectivity index (χ0v) is 12.9. The summed E-state index contributed by atoms with van der Waals surface area (Å²) < 4.78 is 39.1. The molecule has 0 nitrogen and oxygen atoms in total. The molecule has 0 saturated heterocycles. The monoisotopic (exact) mass is 266 g/mol. The summed E-state index contributed by atoms with van der Waals surface area (Å²) in [6, 6.07) is 0. The van der Waals surface area contributed by atoms with Crippen LogP contribution in [0.3, 0.4) is 0 Å². The average Bonchev–Trinajstić information content (AvgIpc) is 1.93. The topological polar surface area (TPSA) is 0 Å². The molecule has 2 atom stereocenters. The standard InChI is InChI=1S/C15H29F3/c1-11(9-13(2,3)4)8-12(15(16,17)18)10-14(5,6)7/h11-12H,8-10H2,1-7H3. The summed E-state index contributed by atoms with van der Waals surface area (Å²) in [6.45, 7) is 13.8. The van der Waals surface area contributed by atoms with Crippen LogP contribution in [0.25, 0.3) is 0 Å². The first kappa shape index (κ1) is 17.8. The number of halogens is 3. The van der Waals surface area contributed by atoms with Gasteiger partial charge in [-0.3, -0.25) is 0 Å². The Bertz CT molecular complexity index is 240. The Morgan fingerprint density at radius 1 is 0.778 bits per heavy atom. The molecule has 0 aliphatic carbocycles. The summed E-state index contributed by atoms with van der Waals surface area (Å²) in [5.41, 5.74) is -0.182. The highest BCUT2D eigenvalue weighted by atomic mass is 19.4. The van der Waals surface area contributed by atoms with E-state index in [1.807, 2.05) is 27.7 Å². The molecule has 2 unspecified atom stereocenters. The second-order valence-corrected chi connectivity index (χ2v) is 8.11. The molecule has 0 amide bonds. The van der Waals surface area contributed by atoms with Gasteiger partial charge in [0.15, 0.2) is 0 Å². The van der Waals surface area contributed by atoms with E-state index >= 15 is 0 Å². The Labute approximate surface area is 110 Å². The van der Waals surface area contributed by atoms with Crippen LogP contribution in [0.4, 0.5) is 13.2 Å². The summed E-state index contributed by atoms with van der Waals surface area (Å²) in [6.07, 6.45) is -2.77. The Morgan fingerprint density at radius 3 is 1.44 bits per heavy atom. The number of rotatable bonds is 4. The zero-order chi connectivity index (χ0) is 14.8. The fraction of sp³-hybridized carbons (Fsp3) is 1.00. The first-order chi connectivity index (χ1) is 7.71. The molecule has 0 heterocycles. The third-order valence-electron chi connectivity index (χ3n) is 2.97. The van der Waals surface area contributed by atoms with E-state index in [0.717, 1.165) is 6.42 Å². The van der Waals surface area contributed by atoms with Gasteiger partial charge in [0.05, 0.1) is 5.92 Å². The maximum atomic E-state index is 13.0. The van der Waals surface area contributed by atoms with Crippen molar-refractivity contribution in [2.75, 3.05) is 0 Å².